The Bertz CT molecular complexity index is 405. The Morgan fingerprint density at radius 2 is 2.50 bits per heavy atom. The first-order chi connectivity index (χ1) is 8.65. The molecule has 100 valence electrons. The Morgan fingerprint density at radius 1 is 1.67 bits per heavy atom. The SMILES string of the molecule is CN(Cc1ccc(Br)s1)C(=O)NCC1CCCO1. The molecule has 1 aliphatic rings. The second-order valence-electron chi connectivity index (χ2n) is 4.38. The van der Waals surface area contributed by atoms with Crippen molar-refractivity contribution >= 4 is 33.3 Å². The van der Waals surface area contributed by atoms with E-state index < -0.39 is 0 Å². The van der Waals surface area contributed by atoms with Crippen molar-refractivity contribution in [3.63, 3.8) is 0 Å². The highest BCUT2D eigenvalue weighted by Gasteiger charge is 2.17. The van der Waals surface area contributed by atoms with E-state index in [9.17, 15) is 4.79 Å². The van der Waals surface area contributed by atoms with Crippen LogP contribution in [0.15, 0.2) is 15.9 Å². The smallest absolute Gasteiger partial charge is 0.317 e. The zero-order valence-corrected chi connectivity index (χ0v) is 12.7. The highest BCUT2D eigenvalue weighted by atomic mass is 79.9. The number of urea groups is 1. The number of ether oxygens (including phenoxy) is 1. The first kappa shape index (κ1) is 13.8. The maximum atomic E-state index is 11.9. The van der Waals surface area contributed by atoms with Gasteiger partial charge in [0.25, 0.3) is 0 Å². The quantitative estimate of drug-likeness (QED) is 0.921. The molecule has 18 heavy (non-hydrogen) atoms. The first-order valence-corrected chi connectivity index (χ1v) is 7.61. The van der Waals surface area contributed by atoms with E-state index in [1.54, 1.807) is 23.3 Å². The molecule has 1 atom stereocenters. The first-order valence-electron chi connectivity index (χ1n) is 6.00. The summed E-state index contributed by atoms with van der Waals surface area (Å²) in [4.78, 5) is 14.7. The van der Waals surface area contributed by atoms with Crippen molar-refractivity contribution in [2.75, 3.05) is 20.2 Å². The summed E-state index contributed by atoms with van der Waals surface area (Å²) in [5, 5.41) is 2.91. The molecule has 1 aromatic heterocycles. The average molecular weight is 333 g/mol. The van der Waals surface area contributed by atoms with E-state index in [0.717, 1.165) is 28.1 Å². The fourth-order valence-corrected chi connectivity index (χ4v) is 3.42. The molecule has 0 aromatic carbocycles. The number of halogens is 1. The van der Waals surface area contributed by atoms with Gasteiger partial charge in [-0.15, -0.1) is 11.3 Å². The number of carbonyl (C=O) groups is 1. The Labute approximate surface area is 119 Å². The third kappa shape index (κ3) is 3.96. The molecule has 6 heteroatoms. The summed E-state index contributed by atoms with van der Waals surface area (Å²) < 4.78 is 6.56. The maximum absolute atomic E-state index is 11.9. The Balaban J connectivity index is 1.74. The van der Waals surface area contributed by atoms with Gasteiger partial charge < -0.3 is 15.0 Å². The number of nitrogens with one attached hydrogen (secondary N) is 1. The summed E-state index contributed by atoms with van der Waals surface area (Å²) in [6, 6.07) is 3.98. The average Bonchev–Trinajstić information content (AvgIpc) is 2.97. The predicted octanol–water partition coefficient (Wildman–Crippen LogP) is 2.83. The van der Waals surface area contributed by atoms with Crippen molar-refractivity contribution < 1.29 is 9.53 Å². The van der Waals surface area contributed by atoms with Gasteiger partial charge in [0.1, 0.15) is 0 Å². The third-order valence-electron chi connectivity index (χ3n) is 2.87. The van der Waals surface area contributed by atoms with Crippen LogP contribution in [-0.4, -0.2) is 37.2 Å². The van der Waals surface area contributed by atoms with Crippen molar-refractivity contribution in [1.82, 2.24) is 10.2 Å². The van der Waals surface area contributed by atoms with Crippen molar-refractivity contribution in [3.8, 4) is 0 Å². The van der Waals surface area contributed by atoms with Gasteiger partial charge in [-0.2, -0.15) is 0 Å². The topological polar surface area (TPSA) is 41.6 Å². The largest absolute Gasteiger partial charge is 0.376 e. The number of hydrogen-bond donors (Lipinski definition) is 1. The van der Waals surface area contributed by atoms with Crippen LogP contribution >= 0.6 is 27.3 Å². The Morgan fingerprint density at radius 3 is 3.11 bits per heavy atom. The zero-order chi connectivity index (χ0) is 13.0. The minimum Gasteiger partial charge on any atom is -0.376 e. The normalized spacial score (nSPS) is 18.9. The second-order valence-corrected chi connectivity index (χ2v) is 6.93. The van der Waals surface area contributed by atoms with Gasteiger partial charge in [0.15, 0.2) is 0 Å². The lowest BCUT2D eigenvalue weighted by atomic mass is 10.2. The molecule has 0 radical (unpaired) electrons. The molecule has 1 fully saturated rings. The molecule has 0 aliphatic carbocycles. The van der Waals surface area contributed by atoms with Gasteiger partial charge in [-0.25, -0.2) is 4.79 Å². The summed E-state index contributed by atoms with van der Waals surface area (Å²) in [6.07, 6.45) is 2.33. The number of rotatable bonds is 4. The highest BCUT2D eigenvalue weighted by molar-refractivity contribution is 9.11. The van der Waals surface area contributed by atoms with Gasteiger partial charge in [-0.3, -0.25) is 0 Å². The van der Waals surface area contributed by atoms with E-state index in [0.29, 0.717) is 13.1 Å². The number of thiophene rings is 1. The number of nitrogens with zero attached hydrogens (tertiary/aromatic N) is 1. The third-order valence-corrected chi connectivity index (χ3v) is 4.48. The lowest BCUT2D eigenvalue weighted by molar-refractivity contribution is 0.109. The van der Waals surface area contributed by atoms with E-state index in [-0.39, 0.29) is 12.1 Å². The van der Waals surface area contributed by atoms with Crippen LogP contribution in [0.5, 0.6) is 0 Å². The van der Waals surface area contributed by atoms with Gasteiger partial charge >= 0.3 is 6.03 Å². The second kappa shape index (κ2) is 6.54. The minimum atomic E-state index is -0.0463. The highest BCUT2D eigenvalue weighted by Crippen LogP contribution is 2.22. The lowest BCUT2D eigenvalue weighted by Crippen LogP contribution is -2.40. The number of amides is 2. The van der Waals surface area contributed by atoms with Crippen LogP contribution < -0.4 is 5.32 Å². The van der Waals surface area contributed by atoms with E-state index in [1.165, 1.54) is 0 Å². The Hall–Kier alpha value is -0.590. The van der Waals surface area contributed by atoms with Crippen LogP contribution in [0.2, 0.25) is 0 Å². The van der Waals surface area contributed by atoms with Crippen LogP contribution in [0.1, 0.15) is 17.7 Å². The molecule has 0 saturated carbocycles. The summed E-state index contributed by atoms with van der Waals surface area (Å²) in [7, 11) is 1.80. The molecular weight excluding hydrogens is 316 g/mol. The van der Waals surface area contributed by atoms with E-state index in [2.05, 4.69) is 21.2 Å². The molecule has 0 bridgehead atoms. The van der Waals surface area contributed by atoms with Crippen molar-refractivity contribution in [2.24, 2.45) is 0 Å². The summed E-state index contributed by atoms with van der Waals surface area (Å²) in [5.41, 5.74) is 0. The monoisotopic (exact) mass is 332 g/mol. The van der Waals surface area contributed by atoms with Crippen molar-refractivity contribution in [1.29, 1.82) is 0 Å². The standard InChI is InChI=1S/C12H17BrN2O2S/c1-15(8-10-4-5-11(13)18-10)12(16)14-7-9-3-2-6-17-9/h4-5,9H,2-3,6-8H2,1H3,(H,14,16). The molecule has 1 N–H and O–H groups in total. The van der Waals surface area contributed by atoms with E-state index >= 15 is 0 Å². The fourth-order valence-electron chi connectivity index (χ4n) is 1.88. The van der Waals surface area contributed by atoms with Gasteiger partial charge in [-0.1, -0.05) is 0 Å². The lowest BCUT2D eigenvalue weighted by Gasteiger charge is -2.18. The van der Waals surface area contributed by atoms with Gasteiger partial charge in [-0.05, 0) is 40.9 Å². The molecule has 2 rings (SSSR count). The minimum absolute atomic E-state index is 0.0463. The van der Waals surface area contributed by atoms with Crippen LogP contribution in [-0.2, 0) is 11.3 Å². The molecule has 1 aliphatic heterocycles. The predicted molar refractivity (Wildman–Crippen MR) is 75.9 cm³/mol. The van der Waals surface area contributed by atoms with Gasteiger partial charge in [0.05, 0.1) is 16.4 Å². The van der Waals surface area contributed by atoms with E-state index in [1.807, 2.05) is 12.1 Å². The summed E-state index contributed by atoms with van der Waals surface area (Å²) in [5.74, 6) is 0. The van der Waals surface area contributed by atoms with Crippen molar-refractivity contribution in [2.45, 2.75) is 25.5 Å². The summed E-state index contributed by atoms with van der Waals surface area (Å²) in [6.45, 7) is 2.06. The molecule has 1 unspecified atom stereocenters. The Kier molecular flexibility index (Phi) is 5.03. The van der Waals surface area contributed by atoms with Gasteiger partial charge in [0.2, 0.25) is 0 Å². The van der Waals surface area contributed by atoms with Gasteiger partial charge in [0, 0.05) is 25.1 Å². The molecule has 0 spiro atoms. The molecular formula is C12H17BrN2O2S. The van der Waals surface area contributed by atoms with Crippen LogP contribution in [0, 0.1) is 0 Å². The molecule has 4 nitrogen and oxygen atoms in total. The van der Waals surface area contributed by atoms with Crippen molar-refractivity contribution in [3.05, 3.63) is 20.8 Å². The zero-order valence-electron chi connectivity index (χ0n) is 10.3. The fraction of sp³-hybridized carbons (Fsp3) is 0.583. The van der Waals surface area contributed by atoms with Crippen LogP contribution in [0.3, 0.4) is 0 Å². The van der Waals surface area contributed by atoms with Crippen LogP contribution in [0.4, 0.5) is 4.79 Å². The van der Waals surface area contributed by atoms with E-state index in [4.69, 9.17) is 4.74 Å². The summed E-state index contributed by atoms with van der Waals surface area (Å²) >= 11 is 5.06. The van der Waals surface area contributed by atoms with Crippen LogP contribution in [0.25, 0.3) is 0 Å². The molecule has 2 amide bonds. The number of hydrogen-bond acceptors (Lipinski definition) is 3. The molecule has 1 aromatic rings. The molecule has 1 saturated heterocycles. The number of carbonyl (C=O) groups excluding carboxylic acids is 1. The maximum Gasteiger partial charge on any atom is 0.317 e. The molecule has 2 heterocycles.